The second kappa shape index (κ2) is 8.82. The van der Waals surface area contributed by atoms with E-state index in [1.54, 1.807) is 41.7 Å². The molecule has 0 aliphatic carbocycles. The molecule has 2 atom stereocenters. The van der Waals surface area contributed by atoms with Crippen LogP contribution in [0, 0.1) is 0 Å². The normalized spacial score (nSPS) is 13.7. The van der Waals surface area contributed by atoms with Crippen LogP contribution in [0.4, 0.5) is 0 Å². The first-order valence-corrected chi connectivity index (χ1v) is 8.14. The van der Waals surface area contributed by atoms with Crippen molar-refractivity contribution in [2.75, 3.05) is 5.75 Å². The fourth-order valence-electron chi connectivity index (χ4n) is 1.75. The van der Waals surface area contributed by atoms with Crippen LogP contribution in [-0.4, -0.2) is 44.6 Å². The van der Waals surface area contributed by atoms with Gasteiger partial charge in [-0.3, -0.25) is 20.4 Å². The van der Waals surface area contributed by atoms with Crippen molar-refractivity contribution in [2.24, 2.45) is 12.8 Å². The van der Waals surface area contributed by atoms with E-state index in [9.17, 15) is 14.7 Å². The number of aliphatic hydroxyl groups is 1. The number of rotatable bonds is 7. The maximum Gasteiger partial charge on any atom is 0.286 e. The van der Waals surface area contributed by atoms with Crippen molar-refractivity contribution in [3.8, 4) is 0 Å². The van der Waals surface area contributed by atoms with Crippen LogP contribution in [0.25, 0.3) is 0 Å². The number of aromatic nitrogens is 1. The van der Waals surface area contributed by atoms with Crippen LogP contribution in [0.1, 0.15) is 30.8 Å². The van der Waals surface area contributed by atoms with E-state index >= 15 is 0 Å². The zero-order chi connectivity index (χ0) is 16.7. The van der Waals surface area contributed by atoms with E-state index < -0.39 is 24.0 Å². The number of hydrogen-bond donors (Lipinski definition) is 4. The summed E-state index contributed by atoms with van der Waals surface area (Å²) in [6, 6.07) is 2.67. The molecule has 7 nitrogen and oxygen atoms in total. The van der Waals surface area contributed by atoms with Crippen LogP contribution in [-0.2, 0) is 11.8 Å². The van der Waals surface area contributed by atoms with Gasteiger partial charge in [-0.15, -0.1) is 0 Å². The van der Waals surface area contributed by atoms with Crippen molar-refractivity contribution in [3.63, 3.8) is 0 Å². The summed E-state index contributed by atoms with van der Waals surface area (Å²) in [5.41, 5.74) is 10.6. The Bertz CT molecular complexity index is 504. The number of amides is 2. The summed E-state index contributed by atoms with van der Waals surface area (Å²) in [5, 5.41) is 10.3. The van der Waals surface area contributed by atoms with Gasteiger partial charge in [0.15, 0.2) is 0 Å². The molecule has 124 valence electrons. The van der Waals surface area contributed by atoms with Crippen molar-refractivity contribution < 1.29 is 14.7 Å². The minimum absolute atomic E-state index is 0.396. The molecule has 0 aromatic carbocycles. The van der Waals surface area contributed by atoms with Crippen molar-refractivity contribution >= 4 is 23.6 Å². The molecule has 0 spiro atoms. The Balaban J connectivity index is 2.37. The van der Waals surface area contributed by atoms with Gasteiger partial charge in [0, 0.05) is 19.3 Å². The fraction of sp³-hybridized carbons (Fsp3) is 0.571. The van der Waals surface area contributed by atoms with Crippen LogP contribution >= 0.6 is 11.8 Å². The van der Waals surface area contributed by atoms with Gasteiger partial charge in [-0.05, 0) is 29.6 Å². The number of carbonyl (C=O) groups is 2. The van der Waals surface area contributed by atoms with Crippen LogP contribution in [0.15, 0.2) is 18.3 Å². The summed E-state index contributed by atoms with van der Waals surface area (Å²) in [4.78, 5) is 23.6. The number of hydrogen-bond acceptors (Lipinski definition) is 5. The SMILES string of the molecule is CC(C)SCC[C@@H](N)C(O)C(=O)NNC(=O)c1cccn1C. The lowest BCUT2D eigenvalue weighted by Crippen LogP contribution is -2.52. The van der Waals surface area contributed by atoms with Crippen molar-refractivity contribution in [1.29, 1.82) is 0 Å². The van der Waals surface area contributed by atoms with E-state index in [0.29, 0.717) is 17.4 Å². The maximum atomic E-state index is 11.8. The third kappa shape index (κ3) is 5.70. The first-order chi connectivity index (χ1) is 10.3. The molecule has 1 aromatic rings. The maximum absolute atomic E-state index is 11.8. The van der Waals surface area contributed by atoms with E-state index in [0.717, 1.165) is 5.75 Å². The number of aryl methyl sites for hydroxylation is 1. The lowest BCUT2D eigenvalue weighted by Gasteiger charge is -2.18. The minimum Gasteiger partial charge on any atom is -0.382 e. The molecule has 0 fully saturated rings. The highest BCUT2D eigenvalue weighted by Crippen LogP contribution is 2.12. The minimum atomic E-state index is -1.36. The lowest BCUT2D eigenvalue weighted by atomic mass is 10.1. The van der Waals surface area contributed by atoms with Gasteiger partial charge in [0.05, 0.1) is 0 Å². The van der Waals surface area contributed by atoms with Gasteiger partial charge >= 0.3 is 0 Å². The first-order valence-electron chi connectivity index (χ1n) is 7.09. The molecule has 22 heavy (non-hydrogen) atoms. The van der Waals surface area contributed by atoms with Crippen molar-refractivity contribution in [1.82, 2.24) is 15.4 Å². The molecule has 0 saturated heterocycles. The van der Waals surface area contributed by atoms with Gasteiger partial charge in [0.1, 0.15) is 11.8 Å². The van der Waals surface area contributed by atoms with E-state index in [-0.39, 0.29) is 0 Å². The molecular weight excluding hydrogens is 304 g/mol. The first kappa shape index (κ1) is 18.5. The van der Waals surface area contributed by atoms with Crippen LogP contribution in [0.3, 0.4) is 0 Å². The zero-order valence-corrected chi connectivity index (χ0v) is 13.9. The van der Waals surface area contributed by atoms with Crippen LogP contribution < -0.4 is 16.6 Å². The molecule has 1 unspecified atom stereocenters. The molecule has 0 aliphatic rings. The predicted molar refractivity (Wildman–Crippen MR) is 87.2 cm³/mol. The standard InChI is InChI=1S/C14H24N4O3S/c1-9(2)22-8-6-10(15)12(19)14(21)17-16-13(20)11-5-4-7-18(11)3/h4-5,7,9-10,12,19H,6,8,15H2,1-3H3,(H,16,20)(H,17,21)/t10-,12?/m1/s1. The molecular formula is C14H24N4O3S. The second-order valence-corrected chi connectivity index (χ2v) is 6.95. The monoisotopic (exact) mass is 328 g/mol. The smallest absolute Gasteiger partial charge is 0.286 e. The third-order valence-corrected chi connectivity index (χ3v) is 4.19. The summed E-state index contributed by atoms with van der Waals surface area (Å²) in [6.07, 6.45) is 0.873. The number of hydrazine groups is 1. The topological polar surface area (TPSA) is 109 Å². The molecule has 5 N–H and O–H groups in total. The highest BCUT2D eigenvalue weighted by atomic mass is 32.2. The number of nitrogens with one attached hydrogen (secondary N) is 2. The molecule has 0 bridgehead atoms. The van der Waals surface area contributed by atoms with E-state index in [2.05, 4.69) is 24.7 Å². The zero-order valence-electron chi connectivity index (χ0n) is 13.1. The Hall–Kier alpha value is -1.51. The Morgan fingerprint density at radius 1 is 1.41 bits per heavy atom. The van der Waals surface area contributed by atoms with Gasteiger partial charge in [-0.1, -0.05) is 13.8 Å². The Morgan fingerprint density at radius 2 is 2.09 bits per heavy atom. The van der Waals surface area contributed by atoms with E-state index in [1.807, 2.05) is 0 Å². The van der Waals surface area contributed by atoms with Crippen LogP contribution in [0.2, 0.25) is 0 Å². The third-order valence-electron chi connectivity index (χ3n) is 3.05. The molecule has 1 aromatic heterocycles. The van der Waals surface area contributed by atoms with Crippen molar-refractivity contribution in [2.45, 2.75) is 37.7 Å². The number of thioether (sulfide) groups is 1. The summed E-state index contributed by atoms with van der Waals surface area (Å²) in [7, 11) is 1.72. The second-order valence-electron chi connectivity index (χ2n) is 5.26. The summed E-state index contributed by atoms with van der Waals surface area (Å²) in [5.74, 6) is -0.416. The molecule has 1 heterocycles. The van der Waals surface area contributed by atoms with Gasteiger partial charge in [0.25, 0.3) is 11.8 Å². The number of aliphatic hydroxyl groups excluding tert-OH is 1. The lowest BCUT2D eigenvalue weighted by molar-refractivity contribution is -0.131. The summed E-state index contributed by atoms with van der Waals surface area (Å²) >= 11 is 1.71. The van der Waals surface area contributed by atoms with Gasteiger partial charge < -0.3 is 15.4 Å². The average Bonchev–Trinajstić information content (AvgIpc) is 2.89. The molecule has 2 amide bonds. The van der Waals surface area contributed by atoms with Gasteiger partial charge in [0.2, 0.25) is 0 Å². The van der Waals surface area contributed by atoms with E-state index in [4.69, 9.17) is 5.73 Å². The molecule has 0 aliphatic heterocycles. The quantitative estimate of drug-likeness (QED) is 0.527. The molecule has 0 saturated carbocycles. The number of nitrogens with zero attached hydrogens (tertiary/aromatic N) is 1. The van der Waals surface area contributed by atoms with Crippen LogP contribution in [0.5, 0.6) is 0 Å². The Kier molecular flexibility index (Phi) is 7.43. The fourth-order valence-corrected chi connectivity index (χ4v) is 2.63. The Morgan fingerprint density at radius 3 is 2.64 bits per heavy atom. The van der Waals surface area contributed by atoms with Crippen molar-refractivity contribution in [3.05, 3.63) is 24.0 Å². The average molecular weight is 328 g/mol. The molecule has 1 rings (SSSR count). The number of carbonyl (C=O) groups excluding carboxylic acids is 2. The number of nitrogens with two attached hydrogens (primary N) is 1. The highest BCUT2D eigenvalue weighted by molar-refractivity contribution is 7.99. The summed E-state index contributed by atoms with van der Waals surface area (Å²) < 4.78 is 1.62. The Labute approximate surface area is 134 Å². The highest BCUT2D eigenvalue weighted by Gasteiger charge is 2.23. The van der Waals surface area contributed by atoms with E-state index in [1.165, 1.54) is 0 Å². The van der Waals surface area contributed by atoms with Gasteiger partial charge in [-0.2, -0.15) is 11.8 Å². The van der Waals surface area contributed by atoms with Gasteiger partial charge in [-0.25, -0.2) is 0 Å². The predicted octanol–water partition coefficient (Wildman–Crippen LogP) is 0.00600. The molecule has 8 heteroatoms. The summed E-state index contributed by atoms with van der Waals surface area (Å²) in [6.45, 7) is 4.14. The molecule has 0 radical (unpaired) electrons. The largest absolute Gasteiger partial charge is 0.382 e.